The van der Waals surface area contributed by atoms with Crippen LogP contribution >= 0.6 is 23.2 Å². The third-order valence-electron chi connectivity index (χ3n) is 14.9. The average Bonchev–Trinajstić information content (AvgIpc) is 0.682. The number of para-hydroxylation sites is 4. The number of fused-ring (bicyclic) bond motifs is 4. The van der Waals surface area contributed by atoms with Gasteiger partial charge in [0.2, 0.25) is 0 Å². The van der Waals surface area contributed by atoms with Gasteiger partial charge in [0.1, 0.15) is 52.7 Å². The largest absolute Gasteiger partial charge is 4.00 e. The zero-order chi connectivity index (χ0) is 66.9. The fraction of sp³-hybridized carbons (Fsp3) is 0.0448. The van der Waals surface area contributed by atoms with Gasteiger partial charge in [-0.2, -0.15) is 33.8 Å². The molecule has 0 aliphatic rings. The second-order valence-electron chi connectivity index (χ2n) is 19.7. The van der Waals surface area contributed by atoms with Crippen LogP contribution < -0.4 is 66.6 Å². The van der Waals surface area contributed by atoms with Gasteiger partial charge in [-0.15, -0.1) is 45.1 Å². The number of aromatic nitrogens is 4. The zero-order valence-corrected chi connectivity index (χ0v) is 61.5. The van der Waals surface area contributed by atoms with E-state index >= 15 is 35.1 Å². The third-order valence-corrected chi connectivity index (χ3v) is 19.7. The molecular weight excluding hydrogens is 1900 g/mol. The van der Waals surface area contributed by atoms with Crippen LogP contribution in [0.3, 0.4) is 0 Å². The molecular formula is C67H44BCl2F20IN4Pt2Si2. The summed E-state index contributed by atoms with van der Waals surface area (Å²) in [5, 5.41) is 10.4. The number of rotatable bonds is 8. The van der Waals surface area contributed by atoms with Crippen molar-refractivity contribution < 1.29 is 154 Å². The van der Waals surface area contributed by atoms with Crippen LogP contribution in [0.15, 0.2) is 146 Å². The van der Waals surface area contributed by atoms with Gasteiger partial charge in [0.15, 0.2) is 69.8 Å². The molecule has 0 saturated heterocycles. The van der Waals surface area contributed by atoms with Crippen molar-refractivity contribution in [2.45, 2.75) is 13.1 Å². The van der Waals surface area contributed by atoms with Crippen LogP contribution in [-0.2, 0) is 42.1 Å². The van der Waals surface area contributed by atoms with Gasteiger partial charge in [-0.25, -0.2) is 105 Å². The molecule has 0 aliphatic heterocycles. The van der Waals surface area contributed by atoms with Crippen LogP contribution in [0.2, 0.25) is 13.1 Å². The first kappa shape index (κ1) is 88.3. The molecule has 0 amide bonds. The van der Waals surface area contributed by atoms with E-state index in [1.807, 2.05) is 49.1 Å². The first-order valence-corrected chi connectivity index (χ1v) is 31.3. The molecule has 524 valence electrons. The Morgan fingerprint density at radius 1 is 0.273 bits per heavy atom. The Labute approximate surface area is 612 Å². The first-order valence-electron chi connectivity index (χ1n) is 26.2. The second kappa shape index (κ2) is 36.7. The summed E-state index contributed by atoms with van der Waals surface area (Å²) in [4.78, 5) is 18.5. The number of halogens is 23. The Bertz CT molecular complexity index is 4170. The maximum atomic E-state index is 15.4. The van der Waals surface area contributed by atoms with Crippen molar-refractivity contribution in [2.75, 3.05) is 5.34 Å². The summed E-state index contributed by atoms with van der Waals surface area (Å²) in [7, 11) is -1.84. The van der Waals surface area contributed by atoms with E-state index in [1.165, 1.54) is 42.3 Å². The fourth-order valence-corrected chi connectivity index (χ4v) is 15.0. The Morgan fingerprint density at radius 3 is 0.576 bits per heavy atom. The van der Waals surface area contributed by atoms with E-state index in [-0.39, 0.29) is 101 Å². The van der Waals surface area contributed by atoms with E-state index in [4.69, 9.17) is 23.2 Å². The molecule has 0 spiro atoms. The number of nitrogens with zero attached hydrogens (tertiary/aromatic N) is 4. The molecule has 4 aromatic heterocycles. The summed E-state index contributed by atoms with van der Waals surface area (Å²) >= 11 is 9.53. The summed E-state index contributed by atoms with van der Waals surface area (Å²) < 4.78 is 294. The molecule has 0 radical (unpaired) electrons. The van der Waals surface area contributed by atoms with Crippen LogP contribution in [-0.4, -0.2) is 49.0 Å². The Balaban J connectivity index is 0.000000520. The van der Waals surface area contributed by atoms with E-state index in [9.17, 15) is 52.7 Å². The van der Waals surface area contributed by atoms with Gasteiger partial charge in [0, 0.05) is 46.9 Å². The van der Waals surface area contributed by atoms with Crippen LogP contribution in [0.25, 0.3) is 43.6 Å². The van der Waals surface area contributed by atoms with Crippen molar-refractivity contribution >= 4 is 133 Å². The molecule has 0 saturated carbocycles. The Hall–Kier alpha value is -6.81. The third kappa shape index (κ3) is 16.0. The second-order valence-corrected chi connectivity index (χ2v) is 25.1. The Kier molecular flexibility index (Phi) is 32.7. The number of hydrogen-bond acceptors (Lipinski definition) is 4. The molecule has 4 nitrogen and oxygen atoms in total. The maximum absolute atomic E-state index is 15.4. The van der Waals surface area contributed by atoms with Crippen LogP contribution in [0.4, 0.5) is 87.8 Å². The predicted octanol–water partition coefficient (Wildman–Crippen LogP) is 12.1. The van der Waals surface area contributed by atoms with Crippen molar-refractivity contribution in [2.24, 2.45) is 0 Å². The van der Waals surface area contributed by atoms with Gasteiger partial charge in [-0.05, 0) is 45.8 Å². The molecule has 0 unspecified atom stereocenters. The molecule has 0 N–H and O–H groups in total. The molecule has 0 atom stereocenters. The molecule has 0 aliphatic carbocycles. The molecule has 0 bridgehead atoms. The molecule has 12 rings (SSSR count). The predicted molar refractivity (Wildman–Crippen MR) is 340 cm³/mol. The summed E-state index contributed by atoms with van der Waals surface area (Å²) in [5.74, 6) is -71.4. The van der Waals surface area contributed by atoms with Crippen molar-refractivity contribution in [1.82, 2.24) is 19.9 Å². The van der Waals surface area contributed by atoms with Gasteiger partial charge in [-0.1, -0.05) is 97.1 Å². The molecule has 8 aromatic carbocycles. The summed E-state index contributed by atoms with van der Waals surface area (Å²) in [6.07, 6.45) is 0.292. The minimum absolute atomic E-state index is 0. The molecule has 12 aromatic rings. The monoisotopic (exact) mass is 1940 g/mol. The van der Waals surface area contributed by atoms with Crippen molar-refractivity contribution in [3.05, 3.63) is 292 Å². The summed E-state index contributed by atoms with van der Waals surface area (Å²) in [5.41, 5.74) is -9.85. The van der Waals surface area contributed by atoms with Gasteiger partial charge < -0.3 is 53.7 Å². The van der Waals surface area contributed by atoms with Crippen molar-refractivity contribution in [3.8, 4) is 0 Å². The van der Waals surface area contributed by atoms with Crippen LogP contribution in [0, 0.1) is 146 Å². The number of benzene rings is 8. The molecule has 4 heterocycles. The zero-order valence-electron chi connectivity index (χ0n) is 51.3. The maximum Gasteiger partial charge on any atom is 4.00 e. The smallest absolute Gasteiger partial charge is 1.00 e. The van der Waals surface area contributed by atoms with E-state index in [1.54, 1.807) is 0 Å². The molecule has 32 heteroatoms. The summed E-state index contributed by atoms with van der Waals surface area (Å²) in [6, 6.07) is 42.4. The first-order chi connectivity index (χ1) is 43.8. The minimum atomic E-state index is -7.22. The normalized spacial score (nSPS) is 10.5. The minimum Gasteiger partial charge on any atom is -1.00 e. The standard InChI is InChI=1S/C24BF20.2C19H15N2Si.CH2Cl2.4CH3.HI.2Pt/c26-5-1(6(27)14(35)21(42)13(5)34)25(2-7(28)15(36)22(43)16(37)8(2)29,3-9(30)17(38)23(44)18(39)10(3)31)4-11(32)19(40)24(45)20(41)12(4)33;2*1-22(16-10-2-6-14-8-4-12-20-18(14)16)17-11-3-7-15-9-5-13-21-19(15)17;2-1-3;;;;;;;/h;2*2-13H,1H3;1H2;4*1H3;1H;;/q3*-1;;4*-1;;2*+4/p-1. The van der Waals surface area contributed by atoms with Gasteiger partial charge in [0.05, 0.1) is 5.34 Å². The quantitative estimate of drug-likeness (QED) is 0.0289. The van der Waals surface area contributed by atoms with E-state index in [0.29, 0.717) is 0 Å². The Morgan fingerprint density at radius 2 is 0.414 bits per heavy atom. The van der Waals surface area contributed by atoms with Crippen molar-refractivity contribution in [1.29, 1.82) is 0 Å². The average molecular weight is 1940 g/mol. The number of hydrogen-bond donors (Lipinski definition) is 0. The summed E-state index contributed by atoms with van der Waals surface area (Å²) in [6.45, 7) is 4.66. The fourth-order valence-electron chi connectivity index (χ4n) is 10.8. The number of pyridine rings is 4. The molecule has 0 fully saturated rings. The van der Waals surface area contributed by atoms with E-state index in [0.717, 1.165) is 22.1 Å². The van der Waals surface area contributed by atoms with E-state index < -0.39 is 162 Å². The van der Waals surface area contributed by atoms with Crippen molar-refractivity contribution in [3.63, 3.8) is 0 Å². The SMILES string of the molecule is C[Si-](c1cccc2cccnc12)c1cccc2cccnc12.C[Si-](c1cccc2cccnc12)c1cccc2cccnc12.ClCCl.Fc1c(F)c(F)c([B-](c2c(F)c(F)c(F)c(F)c2F)(c2c(F)c(F)c(F)c(F)c2F)c2c(F)c(F)c(F)c(F)c2F)c(F)c1F.[CH3-].[CH3-].[CH3-].[CH3-].[I-].[Pt+4].[Pt+4]. The van der Waals surface area contributed by atoms with Crippen LogP contribution in [0.5, 0.6) is 0 Å². The van der Waals surface area contributed by atoms with Crippen LogP contribution in [0.1, 0.15) is 0 Å². The molecule has 99 heavy (non-hydrogen) atoms. The van der Waals surface area contributed by atoms with Gasteiger partial charge in [-0.3, -0.25) is 19.9 Å². The van der Waals surface area contributed by atoms with Gasteiger partial charge in [0.25, 0.3) is 0 Å². The number of alkyl halides is 2. The van der Waals surface area contributed by atoms with E-state index in [2.05, 4.69) is 130 Å². The topological polar surface area (TPSA) is 51.6 Å². The van der Waals surface area contributed by atoms with Gasteiger partial charge >= 0.3 is 42.1 Å².